The minimum Gasteiger partial charge on any atom is -0.381 e. The number of nitrogens with one attached hydrogen (secondary N) is 1. The van der Waals surface area contributed by atoms with Crippen LogP contribution in [0, 0.1) is 5.92 Å². The van der Waals surface area contributed by atoms with Gasteiger partial charge in [0.05, 0.1) is 0 Å². The van der Waals surface area contributed by atoms with Gasteiger partial charge in [-0.2, -0.15) is 0 Å². The summed E-state index contributed by atoms with van der Waals surface area (Å²) < 4.78 is 6.76. The number of ether oxygens (including phenoxy) is 1. The maximum absolute atomic E-state index is 5.54. The van der Waals surface area contributed by atoms with E-state index < -0.39 is 0 Å². The van der Waals surface area contributed by atoms with Crippen molar-refractivity contribution in [1.29, 1.82) is 0 Å². The summed E-state index contributed by atoms with van der Waals surface area (Å²) in [6.07, 6.45) is 2.40. The fraction of sp³-hybridized carbons (Fsp3) is 0.714. The Bertz CT molecular complexity index is 391. The summed E-state index contributed by atoms with van der Waals surface area (Å²) in [5.41, 5.74) is 0. The lowest BCUT2D eigenvalue weighted by Gasteiger charge is -2.40. The van der Waals surface area contributed by atoms with E-state index in [4.69, 9.17) is 4.74 Å². The van der Waals surface area contributed by atoms with Crippen LogP contribution in [0.25, 0.3) is 0 Å². The Balaban J connectivity index is 0.00000110. The van der Waals surface area contributed by atoms with Crippen LogP contribution in [0.15, 0.2) is 15.9 Å². The van der Waals surface area contributed by atoms with Crippen molar-refractivity contribution >= 4 is 52.1 Å². The minimum atomic E-state index is 0. The molecule has 0 bridgehead atoms. The molecule has 2 aliphatic heterocycles. The summed E-state index contributed by atoms with van der Waals surface area (Å²) in [5.74, 6) is 0.748. The Labute approximate surface area is 151 Å². The van der Waals surface area contributed by atoms with E-state index in [1.165, 1.54) is 22.2 Å². The van der Waals surface area contributed by atoms with Crippen LogP contribution in [0.3, 0.4) is 0 Å². The van der Waals surface area contributed by atoms with Gasteiger partial charge in [0.15, 0.2) is 0 Å². The highest BCUT2D eigenvalue weighted by molar-refractivity contribution is 9.10. The van der Waals surface area contributed by atoms with E-state index in [1.54, 1.807) is 0 Å². The first-order valence-electron chi connectivity index (χ1n) is 7.11. The highest BCUT2D eigenvalue weighted by Crippen LogP contribution is 2.39. The molecule has 0 aliphatic carbocycles. The molecule has 0 saturated carbocycles. The Morgan fingerprint density at radius 3 is 2.48 bits per heavy atom. The molecule has 7 heteroatoms. The standard InChI is InChI=1S/C14H21BrN2OS.2ClH/c15-12-9-13(19-10-12)14(11-1-7-18-8-2-11)17-5-3-16-4-6-17;;/h9-11,14,16H,1-8H2;2*1H/t14-;;/m1../s1. The van der Waals surface area contributed by atoms with Crippen LogP contribution in [-0.2, 0) is 4.74 Å². The molecule has 2 fully saturated rings. The zero-order valence-electron chi connectivity index (χ0n) is 11.9. The normalized spacial score (nSPS) is 22.1. The summed E-state index contributed by atoms with van der Waals surface area (Å²) in [6.45, 7) is 6.42. The summed E-state index contributed by atoms with van der Waals surface area (Å²) in [6, 6.07) is 2.90. The first kappa shape index (κ1) is 19.7. The van der Waals surface area contributed by atoms with Gasteiger partial charge in [-0.1, -0.05) is 0 Å². The Kier molecular flexibility index (Phi) is 9.10. The van der Waals surface area contributed by atoms with Crippen molar-refractivity contribution in [1.82, 2.24) is 10.2 Å². The molecule has 3 rings (SSSR count). The molecule has 0 amide bonds. The van der Waals surface area contributed by atoms with Crippen molar-refractivity contribution in [2.45, 2.75) is 18.9 Å². The second-order valence-electron chi connectivity index (χ2n) is 5.35. The fourth-order valence-electron chi connectivity index (χ4n) is 3.19. The lowest BCUT2D eigenvalue weighted by Crippen LogP contribution is -2.47. The fourth-order valence-corrected chi connectivity index (χ4v) is 4.86. The average Bonchev–Trinajstić information content (AvgIpc) is 2.88. The highest BCUT2D eigenvalue weighted by atomic mass is 79.9. The van der Waals surface area contributed by atoms with Gasteiger partial charge in [0.2, 0.25) is 0 Å². The maximum Gasteiger partial charge on any atom is 0.0472 e. The first-order chi connectivity index (χ1) is 9.34. The summed E-state index contributed by atoms with van der Waals surface area (Å²) in [5, 5.41) is 5.67. The molecule has 0 aromatic carbocycles. The molecule has 3 heterocycles. The number of hydrogen-bond donors (Lipinski definition) is 1. The quantitative estimate of drug-likeness (QED) is 0.810. The number of thiophene rings is 1. The zero-order chi connectivity index (χ0) is 13.1. The zero-order valence-corrected chi connectivity index (χ0v) is 16.0. The van der Waals surface area contributed by atoms with Crippen LogP contribution in [0.5, 0.6) is 0 Å². The summed E-state index contributed by atoms with van der Waals surface area (Å²) >= 11 is 5.50. The molecule has 1 aromatic heterocycles. The second kappa shape index (κ2) is 9.71. The molecule has 0 spiro atoms. The van der Waals surface area contributed by atoms with Crippen molar-refractivity contribution < 1.29 is 4.74 Å². The smallest absolute Gasteiger partial charge is 0.0472 e. The lowest BCUT2D eigenvalue weighted by molar-refractivity contribution is 0.0223. The van der Waals surface area contributed by atoms with Crippen molar-refractivity contribution in [2.24, 2.45) is 5.92 Å². The predicted molar refractivity (Wildman–Crippen MR) is 97.2 cm³/mol. The molecule has 0 radical (unpaired) electrons. The average molecular weight is 418 g/mol. The molecular formula is C14H23BrCl2N2OS. The van der Waals surface area contributed by atoms with Gasteiger partial charge in [-0.15, -0.1) is 36.2 Å². The Morgan fingerprint density at radius 2 is 1.90 bits per heavy atom. The van der Waals surface area contributed by atoms with E-state index >= 15 is 0 Å². The number of nitrogens with zero attached hydrogens (tertiary/aromatic N) is 1. The monoisotopic (exact) mass is 416 g/mol. The third-order valence-electron chi connectivity index (χ3n) is 4.14. The second-order valence-corrected chi connectivity index (χ2v) is 7.21. The molecule has 3 nitrogen and oxygen atoms in total. The van der Waals surface area contributed by atoms with E-state index in [1.807, 2.05) is 11.3 Å². The van der Waals surface area contributed by atoms with Crippen LogP contribution >= 0.6 is 52.1 Å². The number of halogens is 3. The minimum absolute atomic E-state index is 0. The van der Waals surface area contributed by atoms with Gasteiger partial charge in [-0.05, 0) is 40.8 Å². The van der Waals surface area contributed by atoms with Gasteiger partial charge in [0.25, 0.3) is 0 Å². The summed E-state index contributed by atoms with van der Waals surface area (Å²) in [4.78, 5) is 4.19. The van der Waals surface area contributed by atoms with E-state index in [-0.39, 0.29) is 24.8 Å². The Hall–Kier alpha value is 0.640. The maximum atomic E-state index is 5.54. The van der Waals surface area contributed by atoms with Crippen molar-refractivity contribution in [3.8, 4) is 0 Å². The van der Waals surface area contributed by atoms with Gasteiger partial charge in [-0.25, -0.2) is 0 Å². The molecule has 1 atom stereocenters. The van der Waals surface area contributed by atoms with Crippen LogP contribution in [0.2, 0.25) is 0 Å². The summed E-state index contributed by atoms with van der Waals surface area (Å²) in [7, 11) is 0. The lowest BCUT2D eigenvalue weighted by atomic mass is 9.89. The number of piperazine rings is 1. The van der Waals surface area contributed by atoms with Crippen molar-refractivity contribution in [3.63, 3.8) is 0 Å². The molecule has 2 aliphatic rings. The van der Waals surface area contributed by atoms with Crippen molar-refractivity contribution in [3.05, 3.63) is 20.8 Å². The highest BCUT2D eigenvalue weighted by Gasteiger charge is 2.32. The molecule has 1 N–H and O–H groups in total. The van der Waals surface area contributed by atoms with Gasteiger partial charge in [-0.3, -0.25) is 4.90 Å². The van der Waals surface area contributed by atoms with Gasteiger partial charge >= 0.3 is 0 Å². The number of rotatable bonds is 3. The topological polar surface area (TPSA) is 24.5 Å². The SMILES string of the molecule is Brc1csc([C@@H](C2CCOCC2)N2CCNCC2)c1.Cl.Cl. The predicted octanol–water partition coefficient (Wildman–Crippen LogP) is 3.73. The molecule has 122 valence electrons. The van der Waals surface area contributed by atoms with Gasteiger partial charge in [0.1, 0.15) is 0 Å². The molecular weight excluding hydrogens is 395 g/mol. The molecule has 1 aromatic rings. The van der Waals surface area contributed by atoms with Gasteiger partial charge < -0.3 is 10.1 Å². The van der Waals surface area contributed by atoms with Gasteiger partial charge in [0, 0.05) is 60.2 Å². The largest absolute Gasteiger partial charge is 0.381 e. The van der Waals surface area contributed by atoms with Crippen LogP contribution in [0.1, 0.15) is 23.8 Å². The van der Waals surface area contributed by atoms with Crippen LogP contribution in [0.4, 0.5) is 0 Å². The first-order valence-corrected chi connectivity index (χ1v) is 8.78. The Morgan fingerprint density at radius 1 is 1.24 bits per heavy atom. The third-order valence-corrected chi connectivity index (χ3v) is 5.90. The van der Waals surface area contributed by atoms with Crippen LogP contribution < -0.4 is 5.32 Å². The molecule has 21 heavy (non-hydrogen) atoms. The molecule has 0 unspecified atom stereocenters. The van der Waals surface area contributed by atoms with E-state index in [2.05, 4.69) is 37.6 Å². The van der Waals surface area contributed by atoms with E-state index in [0.29, 0.717) is 6.04 Å². The van der Waals surface area contributed by atoms with Crippen LogP contribution in [-0.4, -0.2) is 44.3 Å². The van der Waals surface area contributed by atoms with E-state index in [9.17, 15) is 0 Å². The molecule has 2 saturated heterocycles. The van der Waals surface area contributed by atoms with E-state index in [0.717, 1.165) is 45.3 Å². The van der Waals surface area contributed by atoms with Crippen molar-refractivity contribution in [2.75, 3.05) is 39.4 Å². The number of hydrogen-bond acceptors (Lipinski definition) is 4. The third kappa shape index (κ3) is 5.06.